The molecule has 5 heteroatoms. The number of rotatable bonds is 6. The summed E-state index contributed by atoms with van der Waals surface area (Å²) >= 11 is 12.2. The van der Waals surface area contributed by atoms with Gasteiger partial charge in [0.2, 0.25) is 0 Å². The largest absolute Gasteiger partial charge is 0.387 e. The molecule has 3 nitrogen and oxygen atoms in total. The normalized spacial score (nSPS) is 18.9. The van der Waals surface area contributed by atoms with Crippen molar-refractivity contribution in [3.05, 3.63) is 33.8 Å². The Morgan fingerprint density at radius 2 is 1.90 bits per heavy atom. The Morgan fingerprint density at radius 1 is 1.29 bits per heavy atom. The van der Waals surface area contributed by atoms with Crippen LogP contribution in [0.1, 0.15) is 37.9 Å². The Bertz CT molecular complexity index is 428. The zero-order valence-corrected chi connectivity index (χ0v) is 14.0. The van der Waals surface area contributed by atoms with Crippen molar-refractivity contribution in [3.8, 4) is 0 Å². The molecule has 1 aromatic carbocycles. The maximum absolute atomic E-state index is 10.3. The van der Waals surface area contributed by atoms with Gasteiger partial charge in [0.05, 0.1) is 6.10 Å². The molecule has 1 fully saturated rings. The van der Waals surface area contributed by atoms with Crippen LogP contribution < -0.4 is 5.32 Å². The molecule has 0 saturated carbocycles. The van der Waals surface area contributed by atoms with Crippen molar-refractivity contribution < 1.29 is 5.11 Å². The zero-order chi connectivity index (χ0) is 15.2. The lowest BCUT2D eigenvalue weighted by Gasteiger charge is -2.32. The van der Waals surface area contributed by atoms with Crippen LogP contribution in [0.15, 0.2) is 18.2 Å². The minimum atomic E-state index is -0.667. The number of hydrogen-bond acceptors (Lipinski definition) is 3. The van der Waals surface area contributed by atoms with E-state index in [0.717, 1.165) is 25.9 Å². The third-order valence-electron chi connectivity index (χ3n) is 4.06. The molecule has 0 bridgehead atoms. The van der Waals surface area contributed by atoms with Gasteiger partial charge in [-0.05, 0) is 51.0 Å². The number of aliphatic hydroxyl groups is 1. The van der Waals surface area contributed by atoms with Crippen LogP contribution in [0.3, 0.4) is 0 Å². The Kier molecular flexibility index (Phi) is 6.77. The van der Waals surface area contributed by atoms with Crippen LogP contribution in [-0.4, -0.2) is 42.2 Å². The number of halogens is 2. The number of hydrogen-bond donors (Lipinski definition) is 2. The summed E-state index contributed by atoms with van der Waals surface area (Å²) in [7, 11) is 0. The van der Waals surface area contributed by atoms with Gasteiger partial charge in [0, 0.05) is 28.2 Å². The molecule has 118 valence electrons. The highest BCUT2D eigenvalue weighted by molar-refractivity contribution is 6.36. The SMILES string of the molecule is CCCN1CCC(NCC(O)c2c(Cl)cccc2Cl)CC1. The number of aliphatic hydroxyl groups excluding tert-OH is 1. The van der Waals surface area contributed by atoms with Crippen LogP contribution in [0.5, 0.6) is 0 Å². The van der Waals surface area contributed by atoms with Crippen LogP contribution in [0, 0.1) is 0 Å². The fraction of sp³-hybridized carbons (Fsp3) is 0.625. The van der Waals surface area contributed by atoms with Crippen molar-refractivity contribution in [1.29, 1.82) is 0 Å². The van der Waals surface area contributed by atoms with E-state index in [1.807, 2.05) is 0 Å². The molecule has 1 aromatic rings. The Labute approximate surface area is 137 Å². The van der Waals surface area contributed by atoms with Gasteiger partial charge in [-0.25, -0.2) is 0 Å². The Morgan fingerprint density at radius 3 is 2.48 bits per heavy atom. The van der Waals surface area contributed by atoms with Crippen LogP contribution >= 0.6 is 23.2 Å². The number of nitrogens with zero attached hydrogens (tertiary/aromatic N) is 1. The number of nitrogens with one attached hydrogen (secondary N) is 1. The molecule has 1 unspecified atom stereocenters. The molecular weight excluding hydrogens is 307 g/mol. The first kappa shape index (κ1) is 17.0. The summed E-state index contributed by atoms with van der Waals surface area (Å²) in [4.78, 5) is 2.50. The molecule has 0 amide bonds. The summed E-state index contributed by atoms with van der Waals surface area (Å²) < 4.78 is 0. The van der Waals surface area contributed by atoms with Crippen LogP contribution in [0.4, 0.5) is 0 Å². The first-order valence-electron chi connectivity index (χ1n) is 7.69. The van der Waals surface area contributed by atoms with Crippen LogP contribution in [-0.2, 0) is 0 Å². The molecule has 21 heavy (non-hydrogen) atoms. The monoisotopic (exact) mass is 330 g/mol. The maximum atomic E-state index is 10.3. The van der Waals surface area contributed by atoms with E-state index in [4.69, 9.17) is 23.2 Å². The van der Waals surface area contributed by atoms with Crippen molar-refractivity contribution in [2.45, 2.75) is 38.3 Å². The summed E-state index contributed by atoms with van der Waals surface area (Å²) in [5.41, 5.74) is 0.622. The van der Waals surface area contributed by atoms with E-state index in [-0.39, 0.29) is 0 Å². The number of piperidine rings is 1. The van der Waals surface area contributed by atoms with E-state index < -0.39 is 6.10 Å². The smallest absolute Gasteiger partial charge is 0.0943 e. The highest BCUT2D eigenvalue weighted by Crippen LogP contribution is 2.30. The van der Waals surface area contributed by atoms with Gasteiger partial charge < -0.3 is 15.3 Å². The highest BCUT2D eigenvalue weighted by Gasteiger charge is 2.20. The topological polar surface area (TPSA) is 35.5 Å². The lowest BCUT2D eigenvalue weighted by molar-refractivity contribution is 0.151. The highest BCUT2D eigenvalue weighted by atomic mass is 35.5. The quantitative estimate of drug-likeness (QED) is 0.838. The molecular formula is C16H24Cl2N2O. The van der Waals surface area contributed by atoms with Crippen molar-refractivity contribution in [2.24, 2.45) is 0 Å². The van der Waals surface area contributed by atoms with Crippen LogP contribution in [0.2, 0.25) is 10.0 Å². The van der Waals surface area contributed by atoms with E-state index in [9.17, 15) is 5.11 Å². The van der Waals surface area contributed by atoms with Crippen molar-refractivity contribution in [3.63, 3.8) is 0 Å². The summed E-state index contributed by atoms with van der Waals surface area (Å²) in [6.45, 7) is 6.16. The summed E-state index contributed by atoms with van der Waals surface area (Å²) in [5.74, 6) is 0. The van der Waals surface area contributed by atoms with Crippen LogP contribution in [0.25, 0.3) is 0 Å². The van der Waals surface area contributed by atoms with Gasteiger partial charge in [-0.15, -0.1) is 0 Å². The molecule has 2 N–H and O–H groups in total. The van der Waals surface area contributed by atoms with Gasteiger partial charge in [0.1, 0.15) is 0 Å². The van der Waals surface area contributed by atoms with E-state index in [1.54, 1.807) is 18.2 Å². The third kappa shape index (κ3) is 4.83. The second-order valence-corrected chi connectivity index (χ2v) is 6.49. The summed E-state index contributed by atoms with van der Waals surface area (Å²) in [6.07, 6.45) is 2.80. The van der Waals surface area contributed by atoms with E-state index in [0.29, 0.717) is 28.2 Å². The predicted molar refractivity (Wildman–Crippen MR) is 89.2 cm³/mol. The van der Waals surface area contributed by atoms with E-state index >= 15 is 0 Å². The maximum Gasteiger partial charge on any atom is 0.0943 e. The third-order valence-corrected chi connectivity index (χ3v) is 4.72. The molecule has 1 heterocycles. The predicted octanol–water partition coefficient (Wildman–Crippen LogP) is 3.49. The molecule has 0 spiro atoms. The van der Waals surface area contributed by atoms with Gasteiger partial charge >= 0.3 is 0 Å². The van der Waals surface area contributed by atoms with E-state index in [2.05, 4.69) is 17.1 Å². The standard InChI is InChI=1S/C16H24Cl2N2O/c1-2-8-20-9-6-12(7-10-20)19-11-15(21)16-13(17)4-3-5-14(16)18/h3-5,12,15,19,21H,2,6-11H2,1H3. The van der Waals surface area contributed by atoms with Gasteiger partial charge in [-0.2, -0.15) is 0 Å². The molecule has 2 rings (SSSR count). The molecule has 0 radical (unpaired) electrons. The van der Waals surface area contributed by atoms with Gasteiger partial charge in [0.15, 0.2) is 0 Å². The fourth-order valence-corrected chi connectivity index (χ4v) is 3.54. The number of likely N-dealkylation sites (tertiary alicyclic amines) is 1. The van der Waals surface area contributed by atoms with Crippen molar-refractivity contribution in [2.75, 3.05) is 26.2 Å². The minimum Gasteiger partial charge on any atom is -0.387 e. The fourth-order valence-electron chi connectivity index (χ4n) is 2.89. The zero-order valence-electron chi connectivity index (χ0n) is 12.5. The van der Waals surface area contributed by atoms with Gasteiger partial charge in [-0.3, -0.25) is 0 Å². The summed E-state index contributed by atoms with van der Waals surface area (Å²) in [6, 6.07) is 5.77. The average Bonchev–Trinajstić information content (AvgIpc) is 2.47. The van der Waals surface area contributed by atoms with Gasteiger partial charge in [0.25, 0.3) is 0 Å². The average molecular weight is 331 g/mol. The minimum absolute atomic E-state index is 0.467. The molecule has 1 aliphatic rings. The van der Waals surface area contributed by atoms with Crippen molar-refractivity contribution >= 4 is 23.2 Å². The first-order chi connectivity index (χ1) is 10.1. The lowest BCUT2D eigenvalue weighted by atomic mass is 10.0. The molecule has 1 atom stereocenters. The molecule has 1 saturated heterocycles. The number of benzene rings is 1. The Balaban J connectivity index is 1.81. The second-order valence-electron chi connectivity index (χ2n) is 5.68. The lowest BCUT2D eigenvalue weighted by Crippen LogP contribution is -2.43. The van der Waals surface area contributed by atoms with Crippen molar-refractivity contribution in [1.82, 2.24) is 10.2 Å². The molecule has 0 aromatic heterocycles. The Hall–Kier alpha value is -0.320. The van der Waals surface area contributed by atoms with E-state index in [1.165, 1.54) is 13.0 Å². The molecule has 1 aliphatic heterocycles. The molecule has 0 aliphatic carbocycles. The first-order valence-corrected chi connectivity index (χ1v) is 8.45. The van der Waals surface area contributed by atoms with Gasteiger partial charge in [-0.1, -0.05) is 36.2 Å². The second kappa shape index (κ2) is 8.35. The summed E-state index contributed by atoms with van der Waals surface area (Å²) in [5, 5.41) is 14.8.